The van der Waals surface area contributed by atoms with Gasteiger partial charge >= 0.3 is 0 Å². The Bertz CT molecular complexity index is 231. The summed E-state index contributed by atoms with van der Waals surface area (Å²) >= 11 is 0. The van der Waals surface area contributed by atoms with Gasteiger partial charge < -0.3 is 0 Å². The standard InChI is InChI=1S/C9H10O/c1-3-7(2)8-5-4-6-9(8)10/h3-5H,1,6H2,2H3/b8-7+. The van der Waals surface area contributed by atoms with Crippen LogP contribution in [0.15, 0.2) is 36.0 Å². The molecule has 10 heavy (non-hydrogen) atoms. The van der Waals surface area contributed by atoms with Crippen LogP contribution in [0, 0.1) is 0 Å². The molecule has 0 saturated carbocycles. The van der Waals surface area contributed by atoms with Crippen LogP contribution >= 0.6 is 0 Å². The summed E-state index contributed by atoms with van der Waals surface area (Å²) in [5.74, 6) is 0.206. The Morgan fingerprint density at radius 1 is 1.80 bits per heavy atom. The van der Waals surface area contributed by atoms with E-state index in [0.29, 0.717) is 6.42 Å². The fourth-order valence-corrected chi connectivity index (χ4v) is 0.948. The Morgan fingerprint density at radius 2 is 2.50 bits per heavy atom. The Kier molecular flexibility index (Phi) is 1.86. The summed E-state index contributed by atoms with van der Waals surface area (Å²) in [6, 6.07) is 0. The highest BCUT2D eigenvalue weighted by Crippen LogP contribution is 2.16. The molecule has 0 aromatic rings. The fraction of sp³-hybridized carbons (Fsp3) is 0.222. The minimum Gasteiger partial charge on any atom is -0.294 e. The molecular weight excluding hydrogens is 124 g/mol. The number of rotatable bonds is 1. The first-order valence-electron chi connectivity index (χ1n) is 3.28. The van der Waals surface area contributed by atoms with Gasteiger partial charge in [-0.3, -0.25) is 4.79 Å². The first-order valence-corrected chi connectivity index (χ1v) is 3.28. The Labute approximate surface area is 60.7 Å². The highest BCUT2D eigenvalue weighted by molar-refractivity contribution is 6.02. The van der Waals surface area contributed by atoms with Crippen LogP contribution in [0.3, 0.4) is 0 Å². The molecule has 0 atom stereocenters. The van der Waals surface area contributed by atoms with Crippen LogP contribution in [0.5, 0.6) is 0 Å². The van der Waals surface area contributed by atoms with Gasteiger partial charge in [0.2, 0.25) is 0 Å². The number of carbonyl (C=O) groups excluding carboxylic acids is 1. The second-order valence-electron chi connectivity index (χ2n) is 2.33. The lowest BCUT2D eigenvalue weighted by molar-refractivity contribution is -0.114. The van der Waals surface area contributed by atoms with Gasteiger partial charge in [-0.1, -0.05) is 24.8 Å². The van der Waals surface area contributed by atoms with Crippen LogP contribution in [0.25, 0.3) is 0 Å². The van der Waals surface area contributed by atoms with Crippen molar-refractivity contribution >= 4 is 5.78 Å². The monoisotopic (exact) mass is 134 g/mol. The molecular formula is C9H10O. The molecule has 0 N–H and O–H groups in total. The third-order valence-electron chi connectivity index (χ3n) is 1.62. The Morgan fingerprint density at radius 3 is 2.90 bits per heavy atom. The zero-order valence-electron chi connectivity index (χ0n) is 6.05. The molecule has 0 aromatic heterocycles. The highest BCUT2D eigenvalue weighted by Gasteiger charge is 2.11. The smallest absolute Gasteiger partial charge is 0.166 e. The molecule has 0 unspecified atom stereocenters. The van der Waals surface area contributed by atoms with Crippen LogP contribution in [0.2, 0.25) is 0 Å². The van der Waals surface area contributed by atoms with E-state index in [-0.39, 0.29) is 5.78 Å². The molecule has 1 rings (SSSR count). The second-order valence-corrected chi connectivity index (χ2v) is 2.33. The van der Waals surface area contributed by atoms with Crippen LogP contribution in [0.1, 0.15) is 13.3 Å². The molecule has 52 valence electrons. The Hall–Kier alpha value is -1.11. The van der Waals surface area contributed by atoms with Crippen molar-refractivity contribution in [3.05, 3.63) is 36.0 Å². The number of ketones is 1. The molecule has 0 radical (unpaired) electrons. The summed E-state index contributed by atoms with van der Waals surface area (Å²) in [5.41, 5.74) is 1.79. The molecule has 0 amide bonds. The second kappa shape index (κ2) is 2.65. The third-order valence-corrected chi connectivity index (χ3v) is 1.62. The molecule has 0 spiro atoms. The summed E-state index contributed by atoms with van der Waals surface area (Å²) in [4.78, 5) is 11.0. The van der Waals surface area contributed by atoms with E-state index in [2.05, 4.69) is 6.58 Å². The molecule has 1 heteroatoms. The van der Waals surface area contributed by atoms with E-state index < -0.39 is 0 Å². The van der Waals surface area contributed by atoms with Gasteiger partial charge in [0.05, 0.1) is 0 Å². The molecule has 0 saturated heterocycles. The van der Waals surface area contributed by atoms with Gasteiger partial charge in [0.1, 0.15) is 0 Å². The number of allylic oxidation sites excluding steroid dienone is 5. The molecule has 1 aliphatic rings. The van der Waals surface area contributed by atoms with E-state index >= 15 is 0 Å². The summed E-state index contributed by atoms with van der Waals surface area (Å²) in [5, 5.41) is 0. The van der Waals surface area contributed by atoms with Crippen LogP contribution in [-0.2, 0) is 4.79 Å². The zero-order valence-corrected chi connectivity index (χ0v) is 6.05. The zero-order chi connectivity index (χ0) is 7.56. The van der Waals surface area contributed by atoms with Crippen molar-refractivity contribution < 1.29 is 4.79 Å². The van der Waals surface area contributed by atoms with E-state index in [9.17, 15) is 4.79 Å². The summed E-state index contributed by atoms with van der Waals surface area (Å²) in [7, 11) is 0. The average molecular weight is 134 g/mol. The lowest BCUT2D eigenvalue weighted by Gasteiger charge is -1.94. The SMILES string of the molecule is C=C/C(C)=C1\C=CCC1=O. The molecule has 0 fully saturated rings. The average Bonchev–Trinajstić information content (AvgIpc) is 2.34. The topological polar surface area (TPSA) is 17.1 Å². The first kappa shape index (κ1) is 7.00. The van der Waals surface area contributed by atoms with Gasteiger partial charge in [0.15, 0.2) is 5.78 Å². The van der Waals surface area contributed by atoms with E-state index in [1.165, 1.54) is 0 Å². The quantitative estimate of drug-likeness (QED) is 0.501. The van der Waals surface area contributed by atoms with Gasteiger partial charge in [-0.2, -0.15) is 0 Å². The summed E-state index contributed by atoms with van der Waals surface area (Å²) in [6.45, 7) is 5.49. The van der Waals surface area contributed by atoms with Crippen molar-refractivity contribution in [3.63, 3.8) is 0 Å². The van der Waals surface area contributed by atoms with Crippen molar-refractivity contribution in [2.75, 3.05) is 0 Å². The number of carbonyl (C=O) groups is 1. The van der Waals surface area contributed by atoms with Crippen molar-refractivity contribution in [1.82, 2.24) is 0 Å². The number of hydrogen-bond acceptors (Lipinski definition) is 1. The van der Waals surface area contributed by atoms with Crippen molar-refractivity contribution in [3.8, 4) is 0 Å². The van der Waals surface area contributed by atoms with E-state index in [1.54, 1.807) is 6.08 Å². The molecule has 1 aliphatic carbocycles. The molecule has 0 aromatic carbocycles. The highest BCUT2D eigenvalue weighted by atomic mass is 16.1. The predicted octanol–water partition coefficient (Wildman–Crippen LogP) is 2.02. The van der Waals surface area contributed by atoms with Gasteiger partial charge in [-0.25, -0.2) is 0 Å². The lowest BCUT2D eigenvalue weighted by atomic mass is 10.1. The van der Waals surface area contributed by atoms with Crippen molar-refractivity contribution in [2.45, 2.75) is 13.3 Å². The van der Waals surface area contributed by atoms with Crippen LogP contribution < -0.4 is 0 Å². The minimum absolute atomic E-state index is 0.206. The van der Waals surface area contributed by atoms with Crippen molar-refractivity contribution in [1.29, 1.82) is 0 Å². The lowest BCUT2D eigenvalue weighted by Crippen LogP contribution is -1.94. The molecule has 0 bridgehead atoms. The number of hydrogen-bond donors (Lipinski definition) is 0. The maximum Gasteiger partial charge on any atom is 0.166 e. The van der Waals surface area contributed by atoms with Gasteiger partial charge in [-0.05, 0) is 12.5 Å². The van der Waals surface area contributed by atoms with Crippen LogP contribution in [-0.4, -0.2) is 5.78 Å². The van der Waals surface area contributed by atoms with Crippen LogP contribution in [0.4, 0.5) is 0 Å². The fourth-order valence-electron chi connectivity index (χ4n) is 0.948. The van der Waals surface area contributed by atoms with E-state index in [4.69, 9.17) is 0 Å². The maximum absolute atomic E-state index is 11.0. The van der Waals surface area contributed by atoms with E-state index in [1.807, 2.05) is 19.1 Å². The van der Waals surface area contributed by atoms with Crippen molar-refractivity contribution in [2.24, 2.45) is 0 Å². The molecule has 0 heterocycles. The minimum atomic E-state index is 0.206. The molecule has 0 aliphatic heterocycles. The molecule has 1 nitrogen and oxygen atoms in total. The first-order chi connectivity index (χ1) is 4.75. The third kappa shape index (κ3) is 1.08. The normalized spacial score (nSPS) is 21.5. The number of Topliss-reactive ketones (excluding diaryl/α,β-unsaturated/α-hetero) is 1. The van der Waals surface area contributed by atoms with E-state index in [0.717, 1.165) is 11.1 Å². The largest absolute Gasteiger partial charge is 0.294 e. The van der Waals surface area contributed by atoms with Gasteiger partial charge in [0, 0.05) is 12.0 Å². The summed E-state index contributed by atoms with van der Waals surface area (Å²) < 4.78 is 0. The Balaban J connectivity index is 3.00. The summed E-state index contributed by atoms with van der Waals surface area (Å²) in [6.07, 6.45) is 6.01. The van der Waals surface area contributed by atoms with Gasteiger partial charge in [0.25, 0.3) is 0 Å². The predicted molar refractivity (Wildman–Crippen MR) is 41.7 cm³/mol. The maximum atomic E-state index is 11.0. The van der Waals surface area contributed by atoms with Gasteiger partial charge in [-0.15, -0.1) is 0 Å².